The van der Waals surface area contributed by atoms with Gasteiger partial charge in [-0.25, -0.2) is 0 Å². The first-order chi connectivity index (χ1) is 7.42. The van der Waals surface area contributed by atoms with Crippen LogP contribution in [0.2, 0.25) is 0 Å². The lowest BCUT2D eigenvalue weighted by molar-refractivity contribution is 0.812. The van der Waals surface area contributed by atoms with Crippen LogP contribution in [0.5, 0.6) is 0 Å². The first-order valence-corrected chi connectivity index (χ1v) is 5.66. The molecule has 0 saturated heterocycles. The molecule has 0 saturated carbocycles. The summed E-state index contributed by atoms with van der Waals surface area (Å²) in [7, 11) is 0. The Labute approximate surface area is 91.9 Å². The van der Waals surface area contributed by atoms with E-state index in [1.54, 1.807) is 0 Å². The van der Waals surface area contributed by atoms with Crippen LogP contribution in [-0.2, 0) is 6.42 Å². The van der Waals surface area contributed by atoms with Crippen LogP contribution in [0.15, 0.2) is 42.5 Å². The van der Waals surface area contributed by atoms with Crippen molar-refractivity contribution >= 4 is 10.8 Å². The minimum atomic E-state index is 1.19. The van der Waals surface area contributed by atoms with Crippen molar-refractivity contribution in [3.8, 4) is 0 Å². The van der Waals surface area contributed by atoms with Gasteiger partial charge in [-0.2, -0.15) is 0 Å². The van der Waals surface area contributed by atoms with Crippen LogP contribution in [0, 0.1) is 6.42 Å². The maximum atomic E-state index is 2.25. The fraction of sp³-hybridized carbons (Fsp3) is 0.267. The quantitative estimate of drug-likeness (QED) is 0.638. The number of rotatable bonds is 4. The molecule has 15 heavy (non-hydrogen) atoms. The summed E-state index contributed by atoms with van der Waals surface area (Å²) < 4.78 is 0. The molecule has 0 N–H and O–H groups in total. The number of benzene rings is 2. The molecule has 0 heteroatoms. The van der Waals surface area contributed by atoms with Crippen LogP contribution in [0.3, 0.4) is 0 Å². The van der Waals surface area contributed by atoms with Gasteiger partial charge in [-0.1, -0.05) is 55.8 Å². The molecule has 0 aliphatic heterocycles. The van der Waals surface area contributed by atoms with E-state index in [2.05, 4.69) is 55.8 Å². The number of hydrogen-bond donors (Lipinski definition) is 0. The topological polar surface area (TPSA) is 0 Å². The van der Waals surface area contributed by atoms with Crippen molar-refractivity contribution in [2.75, 3.05) is 0 Å². The lowest BCUT2D eigenvalue weighted by Gasteiger charge is -2.05. The van der Waals surface area contributed by atoms with E-state index in [1.165, 1.54) is 35.6 Å². The van der Waals surface area contributed by atoms with E-state index in [1.807, 2.05) is 0 Å². The molecule has 0 aliphatic rings. The summed E-state index contributed by atoms with van der Waals surface area (Å²) in [6, 6.07) is 15.2. The highest BCUT2D eigenvalue weighted by atomic mass is 14.0. The van der Waals surface area contributed by atoms with Gasteiger partial charge < -0.3 is 0 Å². The lowest BCUT2D eigenvalue weighted by atomic mass is 10.00. The highest BCUT2D eigenvalue weighted by Crippen LogP contribution is 2.20. The van der Waals surface area contributed by atoms with E-state index >= 15 is 0 Å². The number of fused-ring (bicyclic) bond motifs is 1. The molecule has 0 aromatic heterocycles. The maximum absolute atomic E-state index is 2.25. The van der Waals surface area contributed by atoms with Gasteiger partial charge >= 0.3 is 0 Å². The van der Waals surface area contributed by atoms with E-state index in [-0.39, 0.29) is 0 Å². The zero-order valence-electron chi connectivity index (χ0n) is 9.24. The highest BCUT2D eigenvalue weighted by molar-refractivity contribution is 5.85. The smallest absolute Gasteiger partial charge is 0.0152 e. The second kappa shape index (κ2) is 4.97. The van der Waals surface area contributed by atoms with Gasteiger partial charge in [-0.15, -0.1) is 0 Å². The highest BCUT2D eigenvalue weighted by Gasteiger charge is 1.99. The largest absolute Gasteiger partial charge is 0.0623 e. The van der Waals surface area contributed by atoms with Crippen molar-refractivity contribution in [3.05, 3.63) is 54.4 Å². The third-order valence-corrected chi connectivity index (χ3v) is 2.82. The summed E-state index contributed by atoms with van der Waals surface area (Å²) in [6.45, 7) is 2.13. The van der Waals surface area contributed by atoms with Gasteiger partial charge in [-0.3, -0.25) is 0 Å². The molecular formula is C15H17. The standard InChI is InChI=1S/C15H17/c1-2-3-4-8-13-10-7-11-14-9-5-6-12-15(13)14/h2,5-7,9-12H,3-4,8H2,1H3. The normalized spacial score (nSPS) is 10.7. The molecule has 1 radical (unpaired) electrons. The van der Waals surface area contributed by atoms with Crippen LogP contribution in [-0.4, -0.2) is 0 Å². The Balaban J connectivity index is 2.26. The molecule has 2 rings (SSSR count). The molecule has 0 nitrogen and oxygen atoms in total. The molecular weight excluding hydrogens is 180 g/mol. The molecule has 0 unspecified atom stereocenters. The van der Waals surface area contributed by atoms with Gasteiger partial charge in [-0.05, 0) is 35.6 Å². The van der Waals surface area contributed by atoms with Gasteiger partial charge in [0.25, 0.3) is 0 Å². The molecule has 0 fully saturated rings. The van der Waals surface area contributed by atoms with Gasteiger partial charge in [0.15, 0.2) is 0 Å². The summed E-state index contributed by atoms with van der Waals surface area (Å²) in [6.07, 6.45) is 5.89. The molecule has 0 aliphatic carbocycles. The van der Waals surface area contributed by atoms with Crippen molar-refractivity contribution in [2.45, 2.75) is 26.2 Å². The Morgan fingerprint density at radius 3 is 2.67 bits per heavy atom. The first kappa shape index (κ1) is 10.2. The van der Waals surface area contributed by atoms with E-state index in [9.17, 15) is 0 Å². The minimum Gasteiger partial charge on any atom is -0.0623 e. The average molecular weight is 197 g/mol. The number of aryl methyl sites for hydroxylation is 1. The van der Waals surface area contributed by atoms with E-state index < -0.39 is 0 Å². The molecule has 0 bridgehead atoms. The van der Waals surface area contributed by atoms with Crippen molar-refractivity contribution in [1.29, 1.82) is 0 Å². The molecule has 0 atom stereocenters. The summed E-state index contributed by atoms with van der Waals surface area (Å²) in [5.41, 5.74) is 1.48. The van der Waals surface area contributed by atoms with E-state index in [4.69, 9.17) is 0 Å². The zero-order chi connectivity index (χ0) is 10.5. The Kier molecular flexibility index (Phi) is 3.39. The van der Waals surface area contributed by atoms with E-state index in [0.717, 1.165) is 0 Å². The number of unbranched alkanes of at least 4 members (excludes halogenated alkanes) is 2. The fourth-order valence-electron chi connectivity index (χ4n) is 2.01. The Hall–Kier alpha value is -1.30. The van der Waals surface area contributed by atoms with Gasteiger partial charge in [0, 0.05) is 0 Å². The van der Waals surface area contributed by atoms with Crippen molar-refractivity contribution < 1.29 is 0 Å². The van der Waals surface area contributed by atoms with Crippen molar-refractivity contribution in [1.82, 2.24) is 0 Å². The van der Waals surface area contributed by atoms with E-state index in [0.29, 0.717) is 0 Å². The second-order valence-corrected chi connectivity index (χ2v) is 3.94. The monoisotopic (exact) mass is 197 g/mol. The second-order valence-electron chi connectivity index (χ2n) is 3.94. The van der Waals surface area contributed by atoms with Crippen LogP contribution in [0.1, 0.15) is 25.3 Å². The van der Waals surface area contributed by atoms with Gasteiger partial charge in [0.2, 0.25) is 0 Å². The minimum absolute atomic E-state index is 1.19. The molecule has 77 valence electrons. The van der Waals surface area contributed by atoms with Crippen molar-refractivity contribution in [3.63, 3.8) is 0 Å². The molecule has 2 aromatic carbocycles. The maximum Gasteiger partial charge on any atom is -0.0152 e. The predicted molar refractivity (Wildman–Crippen MR) is 66.9 cm³/mol. The summed E-state index contributed by atoms with van der Waals surface area (Å²) in [5.74, 6) is 0. The van der Waals surface area contributed by atoms with Crippen LogP contribution in [0.4, 0.5) is 0 Å². The number of hydrogen-bond acceptors (Lipinski definition) is 0. The fourth-order valence-corrected chi connectivity index (χ4v) is 2.01. The van der Waals surface area contributed by atoms with Crippen LogP contribution in [0.25, 0.3) is 10.8 Å². The van der Waals surface area contributed by atoms with Crippen LogP contribution >= 0.6 is 0 Å². The molecule has 0 amide bonds. The Morgan fingerprint density at radius 2 is 1.80 bits per heavy atom. The predicted octanol–water partition coefficient (Wildman–Crippen LogP) is 4.39. The van der Waals surface area contributed by atoms with Crippen molar-refractivity contribution in [2.24, 2.45) is 0 Å². The molecule has 0 spiro atoms. The summed E-state index contributed by atoms with van der Waals surface area (Å²) >= 11 is 0. The van der Waals surface area contributed by atoms with Gasteiger partial charge in [0.05, 0.1) is 0 Å². The summed E-state index contributed by atoms with van der Waals surface area (Å²) in [4.78, 5) is 0. The molecule has 0 heterocycles. The average Bonchev–Trinajstić information content (AvgIpc) is 2.30. The Morgan fingerprint density at radius 1 is 1.00 bits per heavy atom. The molecule has 2 aromatic rings. The zero-order valence-corrected chi connectivity index (χ0v) is 9.24. The summed E-state index contributed by atoms with van der Waals surface area (Å²) in [5, 5.41) is 2.77. The SMILES string of the molecule is C[CH]CCCc1cccc2ccccc12. The lowest BCUT2D eigenvalue weighted by Crippen LogP contribution is -1.87. The third kappa shape index (κ3) is 2.38. The van der Waals surface area contributed by atoms with Crippen LogP contribution < -0.4 is 0 Å². The first-order valence-electron chi connectivity index (χ1n) is 5.66. The van der Waals surface area contributed by atoms with Gasteiger partial charge in [0.1, 0.15) is 0 Å². The third-order valence-electron chi connectivity index (χ3n) is 2.82. The Bertz CT molecular complexity index is 423.